The van der Waals surface area contributed by atoms with Gasteiger partial charge in [-0.1, -0.05) is 31.3 Å². The van der Waals surface area contributed by atoms with Crippen molar-refractivity contribution in [1.29, 1.82) is 0 Å². The fourth-order valence-corrected chi connectivity index (χ4v) is 1.17. The summed E-state index contributed by atoms with van der Waals surface area (Å²) in [7, 11) is 0. The van der Waals surface area contributed by atoms with Crippen molar-refractivity contribution in [2.24, 2.45) is 0 Å². The largest absolute Gasteiger partial charge is 0.243 e. The van der Waals surface area contributed by atoms with Crippen molar-refractivity contribution in [3.05, 3.63) is 5.28 Å². The van der Waals surface area contributed by atoms with E-state index in [1.807, 2.05) is 0 Å². The summed E-state index contributed by atoms with van der Waals surface area (Å²) in [5, 5.41) is 11.2. The molecule has 4 nitrogen and oxygen atoms in total. The van der Waals surface area contributed by atoms with Crippen molar-refractivity contribution >= 4 is 11.6 Å². The van der Waals surface area contributed by atoms with E-state index in [1.165, 1.54) is 19.3 Å². The Bertz CT molecular complexity index is 223. The lowest BCUT2D eigenvalue weighted by Gasteiger charge is -1.98. The molecule has 0 bridgehead atoms. The van der Waals surface area contributed by atoms with Crippen LogP contribution < -0.4 is 0 Å². The lowest BCUT2D eigenvalue weighted by molar-refractivity contribution is 0.528. The Morgan fingerprint density at radius 2 is 2.17 bits per heavy atom. The summed E-state index contributed by atoms with van der Waals surface area (Å²) in [6.07, 6.45) is 4.81. The van der Waals surface area contributed by atoms with Crippen LogP contribution in [0.1, 0.15) is 32.6 Å². The highest BCUT2D eigenvalue weighted by Crippen LogP contribution is 2.04. The Labute approximate surface area is 76.9 Å². The van der Waals surface area contributed by atoms with Gasteiger partial charge in [-0.15, -0.1) is 0 Å². The number of rotatable bonds is 5. The van der Waals surface area contributed by atoms with Gasteiger partial charge in [0.1, 0.15) is 0 Å². The monoisotopic (exact) mass is 188 g/mol. The maximum absolute atomic E-state index is 5.68. The SMILES string of the molecule is CCCCCCn1nnnc1Cl. The van der Waals surface area contributed by atoms with Gasteiger partial charge < -0.3 is 0 Å². The third-order valence-electron chi connectivity index (χ3n) is 1.71. The summed E-state index contributed by atoms with van der Waals surface area (Å²) in [5.74, 6) is 0. The van der Waals surface area contributed by atoms with Crippen molar-refractivity contribution in [3.63, 3.8) is 0 Å². The number of hydrogen-bond donors (Lipinski definition) is 0. The van der Waals surface area contributed by atoms with E-state index in [9.17, 15) is 0 Å². The number of hydrogen-bond acceptors (Lipinski definition) is 3. The van der Waals surface area contributed by atoms with E-state index in [1.54, 1.807) is 4.68 Å². The molecule has 0 N–H and O–H groups in total. The van der Waals surface area contributed by atoms with Crippen LogP contribution in [-0.2, 0) is 6.54 Å². The molecule has 0 fully saturated rings. The zero-order chi connectivity index (χ0) is 8.81. The average molecular weight is 189 g/mol. The van der Waals surface area contributed by atoms with E-state index in [0.29, 0.717) is 5.28 Å². The fraction of sp³-hybridized carbons (Fsp3) is 0.857. The van der Waals surface area contributed by atoms with Crippen molar-refractivity contribution in [2.45, 2.75) is 39.2 Å². The summed E-state index contributed by atoms with van der Waals surface area (Å²) in [5.41, 5.74) is 0. The first kappa shape index (κ1) is 9.45. The maximum atomic E-state index is 5.68. The normalized spacial score (nSPS) is 10.5. The zero-order valence-electron chi connectivity index (χ0n) is 7.20. The Morgan fingerprint density at radius 1 is 1.33 bits per heavy atom. The molecule has 0 amide bonds. The van der Waals surface area contributed by atoms with Crippen LogP contribution in [0.25, 0.3) is 0 Å². The van der Waals surface area contributed by atoms with Gasteiger partial charge in [0.2, 0.25) is 5.28 Å². The summed E-state index contributed by atoms with van der Waals surface area (Å²) >= 11 is 5.68. The minimum Gasteiger partial charge on any atom is -0.216 e. The standard InChI is InChI=1S/C7H13ClN4/c1-2-3-4-5-6-12-7(8)9-10-11-12/h2-6H2,1H3. The van der Waals surface area contributed by atoms with Crippen LogP contribution >= 0.6 is 11.6 Å². The first-order valence-electron chi connectivity index (χ1n) is 4.26. The van der Waals surface area contributed by atoms with E-state index in [0.717, 1.165) is 13.0 Å². The molecule has 0 aliphatic heterocycles. The third-order valence-corrected chi connectivity index (χ3v) is 1.98. The van der Waals surface area contributed by atoms with E-state index < -0.39 is 0 Å². The van der Waals surface area contributed by atoms with Gasteiger partial charge in [0.25, 0.3) is 0 Å². The number of aromatic nitrogens is 4. The quantitative estimate of drug-likeness (QED) is 0.663. The van der Waals surface area contributed by atoms with Gasteiger partial charge in [-0.2, -0.15) is 0 Å². The van der Waals surface area contributed by atoms with Crippen molar-refractivity contribution < 1.29 is 0 Å². The highest BCUT2D eigenvalue weighted by atomic mass is 35.5. The molecule has 0 spiro atoms. The van der Waals surface area contributed by atoms with Crippen LogP contribution in [0.3, 0.4) is 0 Å². The molecule has 1 aromatic heterocycles. The molecule has 0 radical (unpaired) electrons. The van der Waals surface area contributed by atoms with Gasteiger partial charge in [-0.3, -0.25) is 0 Å². The van der Waals surface area contributed by atoms with Crippen LogP contribution in [-0.4, -0.2) is 20.2 Å². The third kappa shape index (κ3) is 2.77. The molecule has 1 rings (SSSR count). The van der Waals surface area contributed by atoms with E-state index in [2.05, 4.69) is 22.4 Å². The zero-order valence-corrected chi connectivity index (χ0v) is 7.96. The van der Waals surface area contributed by atoms with Gasteiger partial charge >= 0.3 is 0 Å². The molecule has 5 heteroatoms. The van der Waals surface area contributed by atoms with E-state index in [-0.39, 0.29) is 0 Å². The Morgan fingerprint density at radius 3 is 2.75 bits per heavy atom. The Kier molecular flexibility index (Phi) is 4.00. The van der Waals surface area contributed by atoms with Gasteiger partial charge in [-0.25, -0.2) is 4.68 Å². The van der Waals surface area contributed by atoms with Crippen molar-refractivity contribution in [1.82, 2.24) is 20.2 Å². The average Bonchev–Trinajstić information content (AvgIpc) is 2.46. The van der Waals surface area contributed by atoms with Gasteiger partial charge in [-0.05, 0) is 28.4 Å². The van der Waals surface area contributed by atoms with E-state index in [4.69, 9.17) is 11.6 Å². The van der Waals surface area contributed by atoms with Gasteiger partial charge in [0.05, 0.1) is 0 Å². The van der Waals surface area contributed by atoms with Crippen molar-refractivity contribution in [2.75, 3.05) is 0 Å². The molecule has 0 saturated carbocycles. The molecule has 0 aliphatic rings. The van der Waals surface area contributed by atoms with Crippen LogP contribution in [0, 0.1) is 0 Å². The topological polar surface area (TPSA) is 43.6 Å². The smallest absolute Gasteiger partial charge is 0.216 e. The highest BCUT2D eigenvalue weighted by Gasteiger charge is 2.00. The second-order valence-corrected chi connectivity index (χ2v) is 3.07. The molecule has 68 valence electrons. The molecule has 0 unspecified atom stereocenters. The summed E-state index contributed by atoms with van der Waals surface area (Å²) < 4.78 is 1.62. The van der Waals surface area contributed by atoms with Crippen LogP contribution in [0.15, 0.2) is 0 Å². The molecule has 0 atom stereocenters. The molecule has 0 saturated heterocycles. The number of aryl methyl sites for hydroxylation is 1. The molecule has 12 heavy (non-hydrogen) atoms. The van der Waals surface area contributed by atoms with E-state index >= 15 is 0 Å². The van der Waals surface area contributed by atoms with Crippen LogP contribution in [0.2, 0.25) is 5.28 Å². The number of unbranched alkanes of at least 4 members (excludes halogenated alkanes) is 3. The molecule has 0 aromatic carbocycles. The first-order valence-corrected chi connectivity index (χ1v) is 4.64. The second-order valence-electron chi connectivity index (χ2n) is 2.73. The lowest BCUT2D eigenvalue weighted by atomic mass is 10.2. The van der Waals surface area contributed by atoms with Gasteiger partial charge in [0, 0.05) is 6.54 Å². The Balaban J connectivity index is 2.20. The summed E-state index contributed by atoms with van der Waals surface area (Å²) in [4.78, 5) is 0. The molecule has 1 heterocycles. The fourth-order valence-electron chi connectivity index (χ4n) is 1.02. The number of nitrogens with zero attached hydrogens (tertiary/aromatic N) is 4. The summed E-state index contributed by atoms with van der Waals surface area (Å²) in [6, 6.07) is 0. The lowest BCUT2D eigenvalue weighted by Crippen LogP contribution is -2.00. The Hall–Kier alpha value is -0.640. The van der Waals surface area contributed by atoms with Crippen LogP contribution in [0.5, 0.6) is 0 Å². The maximum Gasteiger partial charge on any atom is 0.243 e. The molecule has 0 aliphatic carbocycles. The molecular formula is C7H13ClN4. The number of halogens is 1. The minimum atomic E-state index is 0.381. The van der Waals surface area contributed by atoms with Crippen molar-refractivity contribution in [3.8, 4) is 0 Å². The highest BCUT2D eigenvalue weighted by molar-refractivity contribution is 6.28. The predicted molar refractivity (Wildman–Crippen MR) is 47.0 cm³/mol. The second kappa shape index (κ2) is 5.09. The summed E-state index contributed by atoms with van der Waals surface area (Å²) in [6.45, 7) is 3.01. The van der Waals surface area contributed by atoms with Gasteiger partial charge in [0.15, 0.2) is 0 Å². The first-order chi connectivity index (χ1) is 5.84. The number of tetrazole rings is 1. The predicted octanol–water partition coefficient (Wildman–Crippen LogP) is 1.91. The molecular weight excluding hydrogens is 176 g/mol. The minimum absolute atomic E-state index is 0.381. The molecule has 1 aromatic rings. The van der Waals surface area contributed by atoms with Crippen LogP contribution in [0.4, 0.5) is 0 Å².